The largest absolute Gasteiger partial charge is 0.299 e. The van der Waals surface area contributed by atoms with Gasteiger partial charge in [-0.3, -0.25) is 14.9 Å². The van der Waals surface area contributed by atoms with Gasteiger partial charge in [0.15, 0.2) is 0 Å². The number of hydrogen-bond acceptors (Lipinski definition) is 3. The molecular formula is C16H21NO3. The van der Waals surface area contributed by atoms with Gasteiger partial charge in [-0.1, -0.05) is 25.5 Å². The molecule has 2 rings (SSSR count). The van der Waals surface area contributed by atoms with Crippen molar-refractivity contribution in [1.29, 1.82) is 0 Å². The highest BCUT2D eigenvalue weighted by atomic mass is 16.6. The van der Waals surface area contributed by atoms with E-state index in [9.17, 15) is 14.9 Å². The molecule has 0 aliphatic heterocycles. The molecule has 1 aromatic carbocycles. The molecular weight excluding hydrogens is 254 g/mol. The third-order valence-electron chi connectivity index (χ3n) is 4.38. The van der Waals surface area contributed by atoms with E-state index in [2.05, 4.69) is 6.92 Å². The first kappa shape index (κ1) is 14.7. The molecule has 4 heteroatoms. The van der Waals surface area contributed by atoms with Crippen molar-refractivity contribution >= 4 is 11.5 Å². The Kier molecular flexibility index (Phi) is 4.88. The molecule has 0 spiro atoms. The van der Waals surface area contributed by atoms with Crippen molar-refractivity contribution in [2.24, 2.45) is 11.8 Å². The smallest absolute Gasteiger partial charge is 0.269 e. The summed E-state index contributed by atoms with van der Waals surface area (Å²) < 4.78 is 0. The molecule has 1 aliphatic rings. The fourth-order valence-corrected chi connectivity index (χ4v) is 2.98. The van der Waals surface area contributed by atoms with Crippen molar-refractivity contribution in [2.75, 3.05) is 0 Å². The first-order chi connectivity index (χ1) is 9.60. The van der Waals surface area contributed by atoms with E-state index < -0.39 is 0 Å². The highest BCUT2D eigenvalue weighted by Gasteiger charge is 2.27. The zero-order valence-electron chi connectivity index (χ0n) is 11.9. The number of Topliss-reactive ketones (excluding diaryl/α,β-unsaturated/α-hetero) is 1. The molecule has 1 saturated carbocycles. The van der Waals surface area contributed by atoms with Gasteiger partial charge in [-0.2, -0.15) is 0 Å². The molecule has 0 radical (unpaired) electrons. The fraction of sp³-hybridized carbons (Fsp3) is 0.562. The summed E-state index contributed by atoms with van der Waals surface area (Å²) in [6.45, 7) is 2.19. The van der Waals surface area contributed by atoms with Crippen molar-refractivity contribution in [2.45, 2.75) is 45.4 Å². The predicted octanol–water partition coefficient (Wildman–Crippen LogP) is 3.92. The lowest BCUT2D eigenvalue weighted by Crippen LogP contribution is -2.25. The van der Waals surface area contributed by atoms with Crippen molar-refractivity contribution in [1.82, 2.24) is 0 Å². The maximum absolute atomic E-state index is 11.9. The molecule has 108 valence electrons. The van der Waals surface area contributed by atoms with Crippen molar-refractivity contribution in [3.8, 4) is 0 Å². The molecule has 0 amide bonds. The van der Waals surface area contributed by atoms with Crippen LogP contribution in [0.25, 0.3) is 0 Å². The number of nitrogens with zero attached hydrogens (tertiary/aromatic N) is 1. The van der Waals surface area contributed by atoms with Crippen LogP contribution in [0.15, 0.2) is 24.3 Å². The van der Waals surface area contributed by atoms with Crippen LogP contribution in [0.1, 0.15) is 44.6 Å². The summed E-state index contributed by atoms with van der Waals surface area (Å²) in [6, 6.07) is 6.66. The van der Waals surface area contributed by atoms with Gasteiger partial charge in [0.05, 0.1) is 4.92 Å². The van der Waals surface area contributed by atoms with E-state index in [1.165, 1.54) is 12.1 Å². The molecule has 4 nitrogen and oxygen atoms in total. The van der Waals surface area contributed by atoms with Crippen LogP contribution in [0.4, 0.5) is 5.69 Å². The third kappa shape index (κ3) is 3.65. The average Bonchev–Trinajstić information content (AvgIpc) is 2.47. The molecule has 0 saturated heterocycles. The van der Waals surface area contributed by atoms with E-state index in [1.807, 2.05) is 0 Å². The highest BCUT2D eigenvalue weighted by molar-refractivity contribution is 5.81. The Labute approximate surface area is 119 Å². The average molecular weight is 275 g/mol. The van der Waals surface area contributed by atoms with Crippen molar-refractivity contribution < 1.29 is 9.72 Å². The Hall–Kier alpha value is -1.71. The minimum absolute atomic E-state index is 0.119. The minimum Gasteiger partial charge on any atom is -0.299 e. The molecule has 0 N–H and O–H groups in total. The van der Waals surface area contributed by atoms with E-state index in [0.29, 0.717) is 11.7 Å². The quantitative estimate of drug-likeness (QED) is 0.604. The van der Waals surface area contributed by atoms with Crippen LogP contribution in [0.3, 0.4) is 0 Å². The maximum Gasteiger partial charge on any atom is 0.269 e. The lowest BCUT2D eigenvalue weighted by Gasteiger charge is -2.27. The normalized spacial score (nSPS) is 22.8. The number of carbonyl (C=O) groups is 1. The van der Waals surface area contributed by atoms with Gasteiger partial charge >= 0.3 is 0 Å². The predicted molar refractivity (Wildman–Crippen MR) is 77.5 cm³/mol. The van der Waals surface area contributed by atoms with Crippen LogP contribution in [0.2, 0.25) is 0 Å². The van der Waals surface area contributed by atoms with Gasteiger partial charge in [0.25, 0.3) is 5.69 Å². The summed E-state index contributed by atoms with van der Waals surface area (Å²) in [5, 5.41) is 10.6. The van der Waals surface area contributed by atoms with E-state index in [-0.39, 0.29) is 16.5 Å². The van der Waals surface area contributed by atoms with Crippen LogP contribution in [0.5, 0.6) is 0 Å². The molecule has 2 unspecified atom stereocenters. The molecule has 2 atom stereocenters. The Bertz CT molecular complexity index is 481. The second-order valence-electron chi connectivity index (χ2n) is 5.67. The zero-order chi connectivity index (χ0) is 14.5. The van der Waals surface area contributed by atoms with Crippen LogP contribution in [-0.2, 0) is 11.2 Å². The number of ketones is 1. The second kappa shape index (κ2) is 6.64. The van der Waals surface area contributed by atoms with E-state index >= 15 is 0 Å². The summed E-state index contributed by atoms with van der Waals surface area (Å²) in [4.78, 5) is 22.1. The Balaban J connectivity index is 1.90. The van der Waals surface area contributed by atoms with E-state index in [4.69, 9.17) is 0 Å². The molecule has 0 bridgehead atoms. The van der Waals surface area contributed by atoms with E-state index in [0.717, 1.165) is 44.1 Å². The lowest BCUT2D eigenvalue weighted by molar-refractivity contribution is -0.384. The number of hydrogen-bond donors (Lipinski definition) is 0. The lowest BCUT2D eigenvalue weighted by atomic mass is 9.77. The number of nitro benzene ring substituents is 1. The van der Waals surface area contributed by atoms with E-state index in [1.54, 1.807) is 12.1 Å². The van der Waals surface area contributed by atoms with Crippen molar-refractivity contribution in [3.05, 3.63) is 39.9 Å². The van der Waals surface area contributed by atoms with Crippen LogP contribution in [-0.4, -0.2) is 10.7 Å². The van der Waals surface area contributed by atoms with Crippen LogP contribution >= 0.6 is 0 Å². The number of carbonyl (C=O) groups excluding carboxylic acids is 1. The van der Waals surface area contributed by atoms with Crippen LogP contribution in [0, 0.1) is 22.0 Å². The fourth-order valence-electron chi connectivity index (χ4n) is 2.98. The first-order valence-electron chi connectivity index (χ1n) is 7.36. The highest BCUT2D eigenvalue weighted by Crippen LogP contribution is 2.31. The third-order valence-corrected chi connectivity index (χ3v) is 4.38. The molecule has 1 aliphatic carbocycles. The SMILES string of the molecule is CCC1CCC(=O)C(CCc2ccc([N+](=O)[O-])cc2)C1. The number of rotatable bonds is 5. The van der Waals surface area contributed by atoms with Crippen molar-refractivity contribution in [3.63, 3.8) is 0 Å². The number of aryl methyl sites for hydroxylation is 1. The van der Waals surface area contributed by atoms with Gasteiger partial charge < -0.3 is 0 Å². The monoisotopic (exact) mass is 275 g/mol. The molecule has 20 heavy (non-hydrogen) atoms. The summed E-state index contributed by atoms with van der Waals surface area (Å²) in [6.07, 6.45) is 5.63. The van der Waals surface area contributed by atoms with Gasteiger partial charge in [0.2, 0.25) is 0 Å². The number of nitro groups is 1. The maximum atomic E-state index is 11.9. The van der Waals surface area contributed by atoms with Gasteiger partial charge in [-0.05, 0) is 37.2 Å². The van der Waals surface area contributed by atoms with Gasteiger partial charge in [0.1, 0.15) is 5.78 Å². The summed E-state index contributed by atoms with van der Waals surface area (Å²) in [5.41, 5.74) is 1.19. The molecule has 0 heterocycles. The topological polar surface area (TPSA) is 60.2 Å². The Morgan fingerprint density at radius 2 is 2.00 bits per heavy atom. The second-order valence-corrected chi connectivity index (χ2v) is 5.67. The Morgan fingerprint density at radius 3 is 2.60 bits per heavy atom. The summed E-state index contributed by atoms with van der Waals surface area (Å²) >= 11 is 0. The standard InChI is InChI=1S/C16H21NO3/c1-2-12-6-10-16(18)14(11-12)7-3-13-4-8-15(9-5-13)17(19)20/h4-5,8-9,12,14H,2-3,6-7,10-11H2,1H3. The molecule has 1 aromatic rings. The summed E-state index contributed by atoms with van der Waals surface area (Å²) in [5.74, 6) is 1.27. The van der Waals surface area contributed by atoms with Gasteiger partial charge in [-0.25, -0.2) is 0 Å². The first-order valence-corrected chi connectivity index (χ1v) is 7.36. The number of non-ortho nitro benzene ring substituents is 1. The number of benzene rings is 1. The van der Waals surface area contributed by atoms with Gasteiger partial charge in [0, 0.05) is 24.5 Å². The van der Waals surface area contributed by atoms with Crippen LogP contribution < -0.4 is 0 Å². The zero-order valence-corrected chi connectivity index (χ0v) is 11.9. The Morgan fingerprint density at radius 1 is 1.30 bits per heavy atom. The minimum atomic E-state index is -0.389. The summed E-state index contributed by atoms with van der Waals surface area (Å²) in [7, 11) is 0. The van der Waals surface area contributed by atoms with Gasteiger partial charge in [-0.15, -0.1) is 0 Å². The molecule has 0 aromatic heterocycles. The molecule has 1 fully saturated rings.